The first-order valence-electron chi connectivity index (χ1n) is 9.89. The summed E-state index contributed by atoms with van der Waals surface area (Å²) in [5.41, 5.74) is 7.23. The fourth-order valence-electron chi connectivity index (χ4n) is 3.38. The van der Waals surface area contributed by atoms with Crippen molar-refractivity contribution in [3.8, 4) is 17.6 Å². The van der Waals surface area contributed by atoms with Crippen LogP contribution in [0.3, 0.4) is 0 Å². The molecule has 2 aromatic carbocycles. The Labute approximate surface area is 176 Å². The molecule has 0 saturated carbocycles. The normalized spacial score (nSPS) is 16.0. The van der Waals surface area contributed by atoms with Crippen molar-refractivity contribution in [2.24, 2.45) is 5.73 Å². The van der Waals surface area contributed by atoms with E-state index in [2.05, 4.69) is 6.07 Å². The lowest BCUT2D eigenvalue weighted by Crippen LogP contribution is -2.26. The number of allylic oxidation sites excluding steroid dienone is 2. The minimum absolute atomic E-state index is 0.00776. The minimum atomic E-state index is -0.691. The molecule has 2 N–H and O–H groups in total. The standard InChI is InChI=1S/C24H24N2O4/c1-3-9-20-22(24(27)28-4-2)21(19(15-25)23(26)30-20)16-10-8-13-18(14-16)29-17-11-6-5-7-12-17/h5-8,10-14,21H,3-4,9,26H2,1-2H3/t21-/m1/s1. The van der Waals surface area contributed by atoms with E-state index >= 15 is 0 Å². The van der Waals surface area contributed by atoms with Gasteiger partial charge in [0.2, 0.25) is 5.88 Å². The van der Waals surface area contributed by atoms with E-state index in [-0.39, 0.29) is 18.1 Å². The number of carbonyl (C=O) groups excluding carboxylic acids is 1. The molecule has 0 bridgehead atoms. The van der Waals surface area contributed by atoms with Gasteiger partial charge in [0, 0.05) is 6.42 Å². The van der Waals surface area contributed by atoms with Crippen LogP contribution in [0.2, 0.25) is 0 Å². The third-order valence-corrected chi connectivity index (χ3v) is 4.64. The van der Waals surface area contributed by atoms with E-state index in [1.54, 1.807) is 13.0 Å². The summed E-state index contributed by atoms with van der Waals surface area (Å²) in [6, 6.07) is 18.7. The van der Waals surface area contributed by atoms with Gasteiger partial charge in [0.05, 0.1) is 18.1 Å². The van der Waals surface area contributed by atoms with Crippen molar-refractivity contribution in [2.75, 3.05) is 6.61 Å². The fourth-order valence-corrected chi connectivity index (χ4v) is 3.38. The first-order chi connectivity index (χ1) is 14.6. The van der Waals surface area contributed by atoms with Crippen LogP contribution < -0.4 is 10.5 Å². The number of benzene rings is 2. The molecule has 0 aromatic heterocycles. The van der Waals surface area contributed by atoms with Crippen LogP contribution in [0.25, 0.3) is 0 Å². The molecule has 3 rings (SSSR count). The number of hydrogen-bond donors (Lipinski definition) is 1. The highest BCUT2D eigenvalue weighted by molar-refractivity contribution is 5.92. The number of rotatable bonds is 7. The van der Waals surface area contributed by atoms with Gasteiger partial charge in [-0.05, 0) is 43.2 Å². The van der Waals surface area contributed by atoms with Crippen LogP contribution in [0.1, 0.15) is 38.2 Å². The molecule has 1 atom stereocenters. The van der Waals surface area contributed by atoms with Gasteiger partial charge in [-0.3, -0.25) is 0 Å². The molecule has 0 amide bonds. The summed E-state index contributed by atoms with van der Waals surface area (Å²) in [6.07, 6.45) is 1.25. The van der Waals surface area contributed by atoms with Crippen molar-refractivity contribution in [1.82, 2.24) is 0 Å². The lowest BCUT2D eigenvalue weighted by molar-refractivity contribution is -0.139. The largest absolute Gasteiger partial charge is 0.463 e. The third-order valence-electron chi connectivity index (χ3n) is 4.64. The molecule has 6 nitrogen and oxygen atoms in total. The molecule has 1 aliphatic heterocycles. The molecular formula is C24H24N2O4. The van der Waals surface area contributed by atoms with Crippen molar-refractivity contribution >= 4 is 5.97 Å². The highest BCUT2D eigenvalue weighted by Gasteiger charge is 2.37. The number of nitriles is 1. The number of nitrogens with zero attached hydrogens (tertiary/aromatic N) is 1. The topological polar surface area (TPSA) is 94.6 Å². The Bertz CT molecular complexity index is 1020. The molecule has 0 radical (unpaired) electrons. The summed E-state index contributed by atoms with van der Waals surface area (Å²) in [5, 5.41) is 9.77. The number of nitrogens with two attached hydrogens (primary N) is 1. The zero-order chi connectivity index (χ0) is 21.5. The van der Waals surface area contributed by atoms with Gasteiger partial charge in [0.25, 0.3) is 0 Å². The van der Waals surface area contributed by atoms with Gasteiger partial charge in [-0.1, -0.05) is 37.3 Å². The summed E-state index contributed by atoms with van der Waals surface area (Å²) >= 11 is 0. The number of carbonyl (C=O) groups is 1. The average molecular weight is 404 g/mol. The number of hydrogen-bond acceptors (Lipinski definition) is 6. The van der Waals surface area contributed by atoms with Crippen LogP contribution in [0.15, 0.2) is 77.4 Å². The predicted octanol–water partition coefficient (Wildman–Crippen LogP) is 4.90. The smallest absolute Gasteiger partial charge is 0.338 e. The zero-order valence-corrected chi connectivity index (χ0v) is 17.1. The van der Waals surface area contributed by atoms with Crippen molar-refractivity contribution < 1.29 is 19.0 Å². The monoisotopic (exact) mass is 404 g/mol. The highest BCUT2D eigenvalue weighted by atomic mass is 16.5. The Morgan fingerprint density at radius 2 is 1.87 bits per heavy atom. The summed E-state index contributed by atoms with van der Waals surface area (Å²) in [7, 11) is 0. The van der Waals surface area contributed by atoms with E-state index in [9.17, 15) is 10.1 Å². The second-order valence-corrected chi connectivity index (χ2v) is 6.72. The van der Waals surface area contributed by atoms with Crippen LogP contribution in [-0.2, 0) is 14.3 Å². The molecule has 154 valence electrons. The van der Waals surface area contributed by atoms with Gasteiger partial charge in [0.15, 0.2) is 0 Å². The molecule has 30 heavy (non-hydrogen) atoms. The molecule has 1 heterocycles. The molecule has 0 spiro atoms. The van der Waals surface area contributed by atoms with E-state index in [0.717, 1.165) is 6.42 Å². The number of para-hydroxylation sites is 1. The van der Waals surface area contributed by atoms with E-state index < -0.39 is 11.9 Å². The van der Waals surface area contributed by atoms with Gasteiger partial charge in [0.1, 0.15) is 28.9 Å². The second kappa shape index (κ2) is 9.66. The Morgan fingerprint density at radius 1 is 1.13 bits per heavy atom. The summed E-state index contributed by atoms with van der Waals surface area (Å²) in [6.45, 7) is 3.93. The van der Waals surface area contributed by atoms with Gasteiger partial charge < -0.3 is 19.9 Å². The van der Waals surface area contributed by atoms with E-state index in [1.165, 1.54) is 0 Å². The van der Waals surface area contributed by atoms with Crippen molar-refractivity contribution in [3.05, 3.63) is 82.9 Å². The molecule has 0 fully saturated rings. The van der Waals surface area contributed by atoms with Crippen molar-refractivity contribution in [3.63, 3.8) is 0 Å². The quantitative estimate of drug-likeness (QED) is 0.659. The maximum absolute atomic E-state index is 12.8. The summed E-state index contributed by atoms with van der Waals surface area (Å²) in [4.78, 5) is 12.8. The molecular weight excluding hydrogens is 380 g/mol. The average Bonchev–Trinajstić information content (AvgIpc) is 2.74. The van der Waals surface area contributed by atoms with E-state index in [4.69, 9.17) is 19.9 Å². The lowest BCUT2D eigenvalue weighted by atomic mass is 9.82. The van der Waals surface area contributed by atoms with Gasteiger partial charge >= 0.3 is 5.97 Å². The molecule has 0 aliphatic carbocycles. The highest BCUT2D eigenvalue weighted by Crippen LogP contribution is 2.41. The zero-order valence-electron chi connectivity index (χ0n) is 17.1. The van der Waals surface area contributed by atoms with Crippen LogP contribution in [0.4, 0.5) is 0 Å². The van der Waals surface area contributed by atoms with E-state index in [0.29, 0.717) is 34.8 Å². The third kappa shape index (κ3) is 4.47. The van der Waals surface area contributed by atoms with Crippen molar-refractivity contribution in [2.45, 2.75) is 32.6 Å². The van der Waals surface area contributed by atoms with Crippen molar-refractivity contribution in [1.29, 1.82) is 5.26 Å². The number of ether oxygens (including phenoxy) is 3. The predicted molar refractivity (Wildman–Crippen MR) is 112 cm³/mol. The molecule has 0 saturated heterocycles. The molecule has 6 heteroatoms. The van der Waals surface area contributed by atoms with Crippen LogP contribution >= 0.6 is 0 Å². The van der Waals surface area contributed by atoms with E-state index in [1.807, 2.05) is 55.5 Å². The van der Waals surface area contributed by atoms with Gasteiger partial charge in [-0.25, -0.2) is 4.79 Å². The van der Waals surface area contributed by atoms with Crippen LogP contribution in [0.5, 0.6) is 11.5 Å². The Hall–Kier alpha value is -3.72. The summed E-state index contributed by atoms with van der Waals surface area (Å²) in [5.74, 6) is 0.510. The number of esters is 1. The van der Waals surface area contributed by atoms with Gasteiger partial charge in [-0.15, -0.1) is 0 Å². The Balaban J connectivity index is 2.08. The SMILES string of the molecule is CCCC1=C(C(=O)OCC)[C@H](c2cccc(Oc3ccccc3)c2)C(C#N)=C(N)O1. The first kappa shape index (κ1) is 21.0. The second-order valence-electron chi connectivity index (χ2n) is 6.72. The lowest BCUT2D eigenvalue weighted by Gasteiger charge is -2.28. The van der Waals surface area contributed by atoms with Crippen LogP contribution in [0, 0.1) is 11.3 Å². The fraction of sp³-hybridized carbons (Fsp3) is 0.250. The maximum Gasteiger partial charge on any atom is 0.338 e. The Morgan fingerprint density at radius 3 is 2.53 bits per heavy atom. The summed E-state index contributed by atoms with van der Waals surface area (Å²) < 4.78 is 16.9. The Kier molecular flexibility index (Phi) is 6.76. The molecule has 2 aromatic rings. The molecule has 1 aliphatic rings. The maximum atomic E-state index is 12.8. The minimum Gasteiger partial charge on any atom is -0.463 e. The first-order valence-corrected chi connectivity index (χ1v) is 9.89. The van der Waals surface area contributed by atoms with Crippen LogP contribution in [-0.4, -0.2) is 12.6 Å². The van der Waals surface area contributed by atoms with Gasteiger partial charge in [-0.2, -0.15) is 5.26 Å². The molecule has 0 unspecified atom stereocenters.